The summed E-state index contributed by atoms with van der Waals surface area (Å²) in [6.45, 7) is 7.62. The van der Waals surface area contributed by atoms with Gasteiger partial charge in [-0.1, -0.05) is 18.8 Å². The molecule has 0 bridgehead atoms. The second kappa shape index (κ2) is 10.1. The Morgan fingerprint density at radius 2 is 1.86 bits per heavy atom. The normalized spacial score (nSPS) is 16.7. The van der Waals surface area contributed by atoms with E-state index in [0.29, 0.717) is 17.5 Å². The molecule has 0 radical (unpaired) electrons. The Labute approximate surface area is 165 Å². The molecule has 1 unspecified atom stereocenters. The summed E-state index contributed by atoms with van der Waals surface area (Å²) < 4.78 is 27.8. The van der Waals surface area contributed by atoms with Gasteiger partial charge in [-0.05, 0) is 24.3 Å². The van der Waals surface area contributed by atoms with Crippen molar-refractivity contribution in [2.24, 2.45) is 5.41 Å². The Kier molecular flexibility index (Phi) is 8.41. The maximum absolute atomic E-state index is 12.5. The largest absolute Gasteiger partial charge is 0.467 e. The predicted molar refractivity (Wildman–Crippen MR) is 106 cm³/mol. The minimum atomic E-state index is -3.19. The lowest BCUT2D eigenvalue weighted by atomic mass is 9.85. The molecule has 2 rings (SSSR count). The van der Waals surface area contributed by atoms with Crippen LogP contribution >= 0.6 is 0 Å². The molecule has 0 saturated carbocycles. The molecule has 2 N–H and O–H groups in total. The first-order chi connectivity index (χ1) is 13.2. The topological polar surface area (TPSA) is 110 Å². The third-order valence-corrected chi connectivity index (χ3v) is 6.32. The highest BCUT2D eigenvalue weighted by Crippen LogP contribution is 2.36. The first kappa shape index (κ1) is 23.4. The number of aliphatic hydroxyl groups excluding tert-OH is 1. The first-order valence-corrected chi connectivity index (χ1v) is 10.3. The average Bonchev–Trinajstić information content (AvgIpc) is 2.66. The zero-order valence-electron chi connectivity index (χ0n) is 16.0. The number of methoxy groups -OCH3 is 1. The number of rotatable bonds is 5. The summed E-state index contributed by atoms with van der Waals surface area (Å²) in [5, 5.41) is 11.3. The Morgan fingerprint density at radius 3 is 2.32 bits per heavy atom. The highest BCUT2D eigenvalue weighted by atomic mass is 32.2. The molecule has 1 aromatic rings. The van der Waals surface area contributed by atoms with Gasteiger partial charge in [-0.3, -0.25) is 4.79 Å². The number of ether oxygens (including phenoxy) is 1. The van der Waals surface area contributed by atoms with Gasteiger partial charge in [0.25, 0.3) is 5.91 Å². The molecule has 1 aromatic carbocycles. The lowest BCUT2D eigenvalue weighted by molar-refractivity contribution is -0.145. The van der Waals surface area contributed by atoms with Crippen LogP contribution in [0.15, 0.2) is 37.4 Å². The van der Waals surface area contributed by atoms with Gasteiger partial charge in [0.15, 0.2) is 9.84 Å². The zero-order valence-corrected chi connectivity index (χ0v) is 16.8. The minimum absolute atomic E-state index is 0.0170. The number of aliphatic hydroxyl groups is 1. The van der Waals surface area contributed by atoms with Gasteiger partial charge in [0.05, 0.1) is 25.2 Å². The van der Waals surface area contributed by atoms with Crippen molar-refractivity contribution < 1.29 is 27.9 Å². The fraction of sp³-hybridized carbons (Fsp3) is 0.400. The zero-order chi connectivity index (χ0) is 21.4. The van der Waals surface area contributed by atoms with E-state index in [1.807, 2.05) is 0 Å². The van der Waals surface area contributed by atoms with Gasteiger partial charge in [-0.2, -0.15) is 0 Å². The maximum atomic E-state index is 12.5. The number of nitrogens with one attached hydrogen (secondary N) is 1. The van der Waals surface area contributed by atoms with Crippen LogP contribution in [-0.2, 0) is 19.4 Å². The van der Waals surface area contributed by atoms with Gasteiger partial charge in [0, 0.05) is 23.0 Å². The number of hydrogen-bond acceptors (Lipinski definition) is 6. The quantitative estimate of drug-likeness (QED) is 0.427. The summed E-state index contributed by atoms with van der Waals surface area (Å²) >= 11 is 0. The van der Waals surface area contributed by atoms with E-state index in [0.717, 1.165) is 0 Å². The van der Waals surface area contributed by atoms with E-state index >= 15 is 0 Å². The molecular weight excluding hydrogens is 382 g/mol. The summed E-state index contributed by atoms with van der Waals surface area (Å²) in [5.74, 6) is 4.09. The van der Waals surface area contributed by atoms with Crippen LogP contribution in [0.4, 0.5) is 0 Å². The summed E-state index contributed by atoms with van der Waals surface area (Å²) in [5.41, 5.74) is 0.117. The predicted octanol–water partition coefficient (Wildman–Crippen LogP) is 0.929. The molecule has 7 nitrogen and oxygen atoms in total. The van der Waals surface area contributed by atoms with Crippen LogP contribution < -0.4 is 5.32 Å². The van der Waals surface area contributed by atoms with E-state index < -0.39 is 33.2 Å². The van der Waals surface area contributed by atoms with Crippen molar-refractivity contribution >= 4 is 21.7 Å². The molecule has 1 saturated heterocycles. The number of carbonyl (C=O) groups excluding carboxylic acids is 2. The molecule has 1 heterocycles. The monoisotopic (exact) mass is 407 g/mol. The van der Waals surface area contributed by atoms with Gasteiger partial charge in [0.1, 0.15) is 6.04 Å². The summed E-state index contributed by atoms with van der Waals surface area (Å²) in [7, 11) is -1.99. The number of carbonyl (C=O) groups is 2. The molecule has 28 heavy (non-hydrogen) atoms. The van der Waals surface area contributed by atoms with Crippen LogP contribution in [0.5, 0.6) is 0 Å². The highest BCUT2D eigenvalue weighted by Gasteiger charge is 2.53. The molecular formula is C20H25NO6S. The summed E-state index contributed by atoms with van der Waals surface area (Å²) in [4.78, 5) is 24.5. The van der Waals surface area contributed by atoms with Gasteiger partial charge in [-0.15, -0.1) is 13.2 Å². The second-order valence-corrected chi connectivity index (χ2v) is 8.53. The molecule has 1 amide bonds. The van der Waals surface area contributed by atoms with Crippen molar-refractivity contribution in [3.63, 3.8) is 0 Å². The molecule has 0 aliphatic carbocycles. The molecule has 1 fully saturated rings. The van der Waals surface area contributed by atoms with Crippen LogP contribution in [0.2, 0.25) is 0 Å². The van der Waals surface area contributed by atoms with E-state index in [-0.39, 0.29) is 18.1 Å². The molecule has 1 atom stereocenters. The van der Waals surface area contributed by atoms with Gasteiger partial charge in [-0.25, -0.2) is 13.2 Å². The fourth-order valence-corrected chi connectivity index (χ4v) is 5.16. The highest BCUT2D eigenvalue weighted by molar-refractivity contribution is 7.92. The van der Waals surface area contributed by atoms with Gasteiger partial charge >= 0.3 is 5.97 Å². The number of esters is 1. The third-order valence-electron chi connectivity index (χ3n) is 4.13. The van der Waals surface area contributed by atoms with E-state index in [2.05, 4.69) is 30.3 Å². The van der Waals surface area contributed by atoms with Crippen molar-refractivity contribution in [3.8, 4) is 11.8 Å². The van der Waals surface area contributed by atoms with E-state index in [1.165, 1.54) is 7.11 Å². The van der Waals surface area contributed by atoms with Crippen LogP contribution in [-0.4, -0.2) is 56.7 Å². The standard InChI is InChI=1S/C18H21NO6S.C2H4/c1-18(11-26(23,24)12-18)15(17(22)25-2)19-16(21)14-8-6-13(7-9-14)5-3-4-10-20;1-2/h6-9,15,20H,4,10-12H2,1-2H3,(H,19,21);1-2H2. The van der Waals surface area contributed by atoms with E-state index in [1.54, 1.807) is 31.2 Å². The van der Waals surface area contributed by atoms with Crippen LogP contribution in [0.3, 0.4) is 0 Å². The molecule has 8 heteroatoms. The lowest BCUT2D eigenvalue weighted by Gasteiger charge is -2.42. The van der Waals surface area contributed by atoms with Crippen molar-refractivity contribution in [2.75, 3.05) is 25.2 Å². The molecule has 1 aliphatic rings. The van der Waals surface area contributed by atoms with Gasteiger partial charge < -0.3 is 15.2 Å². The number of sulfone groups is 1. The van der Waals surface area contributed by atoms with Crippen LogP contribution in [0, 0.1) is 17.3 Å². The first-order valence-electron chi connectivity index (χ1n) is 8.50. The lowest BCUT2D eigenvalue weighted by Crippen LogP contribution is -2.62. The summed E-state index contributed by atoms with van der Waals surface area (Å²) in [6.07, 6.45) is 0.366. The van der Waals surface area contributed by atoms with Crippen molar-refractivity contribution in [2.45, 2.75) is 19.4 Å². The molecule has 1 aliphatic heterocycles. The average molecular weight is 407 g/mol. The van der Waals surface area contributed by atoms with Crippen molar-refractivity contribution in [1.29, 1.82) is 0 Å². The van der Waals surface area contributed by atoms with E-state index in [4.69, 9.17) is 9.84 Å². The second-order valence-electron chi connectivity index (χ2n) is 6.47. The Morgan fingerprint density at radius 1 is 1.29 bits per heavy atom. The summed E-state index contributed by atoms with van der Waals surface area (Å²) in [6, 6.07) is 5.38. The Balaban J connectivity index is 0.00000190. The number of amides is 1. The van der Waals surface area contributed by atoms with Crippen molar-refractivity contribution in [3.05, 3.63) is 48.6 Å². The smallest absolute Gasteiger partial charge is 0.329 e. The third kappa shape index (κ3) is 5.94. The van der Waals surface area contributed by atoms with Crippen molar-refractivity contribution in [1.82, 2.24) is 5.32 Å². The maximum Gasteiger partial charge on any atom is 0.329 e. The number of benzene rings is 1. The minimum Gasteiger partial charge on any atom is -0.467 e. The molecule has 0 aromatic heterocycles. The van der Waals surface area contributed by atoms with Crippen LogP contribution in [0.1, 0.15) is 29.3 Å². The Bertz CT molecular complexity index is 852. The molecule has 152 valence electrons. The van der Waals surface area contributed by atoms with Gasteiger partial charge in [0.2, 0.25) is 0 Å². The fourth-order valence-electron chi connectivity index (χ4n) is 2.90. The van der Waals surface area contributed by atoms with Crippen LogP contribution in [0.25, 0.3) is 0 Å². The number of hydrogen-bond donors (Lipinski definition) is 2. The van der Waals surface area contributed by atoms with E-state index in [9.17, 15) is 18.0 Å². The SMILES string of the molecule is C=C.COC(=O)C(NC(=O)c1ccc(C#CCCO)cc1)C1(C)CS(=O)(=O)C1. The molecule has 0 spiro atoms. The Hall–Kier alpha value is -2.63.